The van der Waals surface area contributed by atoms with Gasteiger partial charge in [0.1, 0.15) is 0 Å². The van der Waals surface area contributed by atoms with Crippen molar-refractivity contribution in [1.82, 2.24) is 15.1 Å². The Hall–Kier alpha value is -0.610. The van der Waals surface area contributed by atoms with Crippen LogP contribution in [0.5, 0.6) is 0 Å². The maximum Gasteiger partial charge on any atom is 0.225 e. The molecule has 2 aliphatic heterocycles. The van der Waals surface area contributed by atoms with Crippen LogP contribution in [0, 0.1) is 11.8 Å². The summed E-state index contributed by atoms with van der Waals surface area (Å²) in [5, 5.41) is 3.43. The highest BCUT2D eigenvalue weighted by atomic mass is 16.2. The predicted molar refractivity (Wildman–Crippen MR) is 75.9 cm³/mol. The molecule has 3 fully saturated rings. The number of hydrogen-bond acceptors (Lipinski definition) is 3. The van der Waals surface area contributed by atoms with Crippen LogP contribution < -0.4 is 5.32 Å². The predicted octanol–water partition coefficient (Wildman–Crippen LogP) is 0.929. The highest BCUT2D eigenvalue weighted by Gasteiger charge is 2.31. The van der Waals surface area contributed by atoms with Crippen LogP contribution in [0.3, 0.4) is 0 Å². The second-order valence-corrected chi connectivity index (χ2v) is 6.65. The van der Waals surface area contributed by atoms with Gasteiger partial charge in [-0.2, -0.15) is 0 Å². The molecule has 0 aromatic carbocycles. The van der Waals surface area contributed by atoms with E-state index in [2.05, 4.69) is 22.0 Å². The Kier molecular flexibility index (Phi) is 4.08. The molecule has 3 rings (SSSR count). The van der Waals surface area contributed by atoms with E-state index in [9.17, 15) is 4.79 Å². The van der Waals surface area contributed by atoms with Crippen molar-refractivity contribution in [2.24, 2.45) is 11.8 Å². The summed E-state index contributed by atoms with van der Waals surface area (Å²) in [4.78, 5) is 17.2. The number of amides is 1. The molecule has 1 N–H and O–H groups in total. The Morgan fingerprint density at radius 3 is 2.53 bits per heavy atom. The molecule has 0 spiro atoms. The lowest BCUT2D eigenvalue weighted by molar-refractivity contribution is -0.138. The zero-order chi connectivity index (χ0) is 13.2. The van der Waals surface area contributed by atoms with E-state index in [1.54, 1.807) is 0 Å². The van der Waals surface area contributed by atoms with Crippen molar-refractivity contribution in [3.63, 3.8) is 0 Å². The van der Waals surface area contributed by atoms with E-state index in [0.29, 0.717) is 11.9 Å². The van der Waals surface area contributed by atoms with Crippen LogP contribution in [-0.4, -0.2) is 61.0 Å². The second-order valence-electron chi connectivity index (χ2n) is 6.65. The smallest absolute Gasteiger partial charge is 0.225 e. The summed E-state index contributed by atoms with van der Waals surface area (Å²) in [5.41, 5.74) is 0. The minimum atomic E-state index is 0.270. The van der Waals surface area contributed by atoms with Crippen molar-refractivity contribution in [3.8, 4) is 0 Å². The van der Waals surface area contributed by atoms with Crippen LogP contribution >= 0.6 is 0 Å². The Balaban J connectivity index is 1.45. The van der Waals surface area contributed by atoms with Crippen LogP contribution in [0.15, 0.2) is 0 Å². The monoisotopic (exact) mass is 265 g/mol. The van der Waals surface area contributed by atoms with E-state index in [4.69, 9.17) is 0 Å². The summed E-state index contributed by atoms with van der Waals surface area (Å²) < 4.78 is 0. The van der Waals surface area contributed by atoms with Gasteiger partial charge in [-0.25, -0.2) is 0 Å². The molecule has 1 amide bonds. The average molecular weight is 265 g/mol. The molecule has 2 unspecified atom stereocenters. The van der Waals surface area contributed by atoms with Gasteiger partial charge in [-0.3, -0.25) is 9.69 Å². The van der Waals surface area contributed by atoms with E-state index in [-0.39, 0.29) is 5.92 Å². The lowest BCUT2D eigenvalue weighted by Gasteiger charge is -2.38. The van der Waals surface area contributed by atoms with Crippen molar-refractivity contribution < 1.29 is 4.79 Å². The van der Waals surface area contributed by atoms with Gasteiger partial charge in [-0.1, -0.05) is 0 Å². The third-order valence-electron chi connectivity index (χ3n) is 4.87. The first-order valence-electron chi connectivity index (χ1n) is 7.97. The zero-order valence-corrected chi connectivity index (χ0v) is 12.1. The molecule has 1 saturated carbocycles. The first-order valence-corrected chi connectivity index (χ1v) is 7.97. The van der Waals surface area contributed by atoms with Gasteiger partial charge in [0, 0.05) is 44.7 Å². The molecular weight excluding hydrogens is 238 g/mol. The number of carbonyl (C=O) groups excluding carboxylic acids is 1. The van der Waals surface area contributed by atoms with Gasteiger partial charge in [0.15, 0.2) is 0 Å². The van der Waals surface area contributed by atoms with Crippen LogP contribution in [0.1, 0.15) is 32.6 Å². The molecule has 0 radical (unpaired) electrons. The van der Waals surface area contributed by atoms with E-state index >= 15 is 0 Å². The molecule has 19 heavy (non-hydrogen) atoms. The van der Waals surface area contributed by atoms with Crippen molar-refractivity contribution in [2.75, 3.05) is 39.3 Å². The van der Waals surface area contributed by atoms with Crippen LogP contribution in [0.2, 0.25) is 0 Å². The number of nitrogens with one attached hydrogen (secondary N) is 1. The van der Waals surface area contributed by atoms with Gasteiger partial charge >= 0.3 is 0 Å². The molecule has 0 bridgehead atoms. The molecule has 108 valence electrons. The Morgan fingerprint density at radius 1 is 1.16 bits per heavy atom. The topological polar surface area (TPSA) is 35.6 Å². The fraction of sp³-hybridized carbons (Fsp3) is 0.933. The maximum absolute atomic E-state index is 12.5. The largest absolute Gasteiger partial charge is 0.340 e. The molecular formula is C15H27N3O. The van der Waals surface area contributed by atoms with Crippen molar-refractivity contribution in [3.05, 3.63) is 0 Å². The van der Waals surface area contributed by atoms with Crippen LogP contribution in [0.25, 0.3) is 0 Å². The Bertz CT molecular complexity index is 321. The van der Waals surface area contributed by atoms with Crippen LogP contribution in [0.4, 0.5) is 0 Å². The normalized spacial score (nSPS) is 33.4. The lowest BCUT2D eigenvalue weighted by atomic mass is 9.92. The van der Waals surface area contributed by atoms with E-state index < -0.39 is 0 Å². The van der Waals surface area contributed by atoms with Gasteiger partial charge in [0.2, 0.25) is 5.91 Å². The molecule has 0 aromatic heterocycles. The highest BCUT2D eigenvalue weighted by molar-refractivity contribution is 5.79. The van der Waals surface area contributed by atoms with Crippen molar-refractivity contribution in [2.45, 2.75) is 38.6 Å². The summed E-state index contributed by atoms with van der Waals surface area (Å²) in [6, 6.07) is 0.499. The molecule has 3 aliphatic rings. The van der Waals surface area contributed by atoms with Gasteiger partial charge in [0.25, 0.3) is 0 Å². The minimum Gasteiger partial charge on any atom is -0.340 e. The number of carbonyl (C=O) groups is 1. The quantitative estimate of drug-likeness (QED) is 0.824. The molecule has 2 saturated heterocycles. The van der Waals surface area contributed by atoms with E-state index in [1.165, 1.54) is 19.4 Å². The molecule has 0 aromatic rings. The molecule has 2 heterocycles. The summed E-state index contributed by atoms with van der Waals surface area (Å²) >= 11 is 0. The first kappa shape index (κ1) is 13.4. The fourth-order valence-electron chi connectivity index (χ4n) is 3.43. The van der Waals surface area contributed by atoms with Gasteiger partial charge < -0.3 is 10.2 Å². The average Bonchev–Trinajstić information content (AvgIpc) is 3.23. The number of piperidine rings is 1. The number of piperazine rings is 1. The van der Waals surface area contributed by atoms with Gasteiger partial charge in [-0.15, -0.1) is 0 Å². The number of rotatable bonds is 3. The molecule has 4 heteroatoms. The van der Waals surface area contributed by atoms with E-state index in [0.717, 1.165) is 51.5 Å². The minimum absolute atomic E-state index is 0.270. The first-order chi connectivity index (χ1) is 9.22. The highest BCUT2D eigenvalue weighted by Crippen LogP contribution is 2.30. The second kappa shape index (κ2) is 5.80. The summed E-state index contributed by atoms with van der Waals surface area (Å²) in [6.45, 7) is 8.53. The molecule has 1 aliphatic carbocycles. The van der Waals surface area contributed by atoms with Crippen molar-refractivity contribution >= 4 is 5.91 Å². The lowest BCUT2D eigenvalue weighted by Crippen LogP contribution is -2.52. The maximum atomic E-state index is 12.5. The fourth-order valence-corrected chi connectivity index (χ4v) is 3.43. The Morgan fingerprint density at radius 2 is 1.89 bits per heavy atom. The SMILES string of the molecule is CC1CC(C(=O)N2CCN(CC3CC3)CC2)CCN1. The van der Waals surface area contributed by atoms with E-state index in [1.807, 2.05) is 0 Å². The molecule has 4 nitrogen and oxygen atoms in total. The summed E-state index contributed by atoms with van der Waals surface area (Å²) in [7, 11) is 0. The third kappa shape index (κ3) is 3.48. The zero-order valence-electron chi connectivity index (χ0n) is 12.1. The van der Waals surface area contributed by atoms with Gasteiger partial charge in [-0.05, 0) is 45.1 Å². The number of nitrogens with zero attached hydrogens (tertiary/aromatic N) is 2. The molecule has 2 atom stereocenters. The van der Waals surface area contributed by atoms with Gasteiger partial charge in [0.05, 0.1) is 0 Å². The third-order valence-corrected chi connectivity index (χ3v) is 4.87. The summed E-state index contributed by atoms with van der Waals surface area (Å²) in [6.07, 6.45) is 4.88. The van der Waals surface area contributed by atoms with Crippen molar-refractivity contribution in [1.29, 1.82) is 0 Å². The summed E-state index contributed by atoms with van der Waals surface area (Å²) in [5.74, 6) is 1.65. The Labute approximate surface area is 116 Å². The van der Waals surface area contributed by atoms with Crippen LogP contribution in [-0.2, 0) is 4.79 Å². The standard InChI is InChI=1S/C15H27N3O/c1-12-10-14(4-5-16-12)15(19)18-8-6-17(7-9-18)11-13-2-3-13/h12-14,16H,2-11H2,1H3. The number of hydrogen-bond donors (Lipinski definition) is 1.